The monoisotopic (exact) mass is 545 g/mol. The van der Waals surface area contributed by atoms with Crippen molar-refractivity contribution in [2.45, 2.75) is 32.5 Å². The first-order valence-corrected chi connectivity index (χ1v) is 13.1. The smallest absolute Gasteiger partial charge is 0.317 e. The van der Waals surface area contributed by atoms with Gasteiger partial charge in [-0.3, -0.25) is 24.3 Å². The van der Waals surface area contributed by atoms with Gasteiger partial charge in [0.15, 0.2) is 4.80 Å². The molecule has 0 fully saturated rings. The first-order valence-electron chi connectivity index (χ1n) is 12.3. The first kappa shape index (κ1) is 24.8. The van der Waals surface area contributed by atoms with Gasteiger partial charge in [0.2, 0.25) is 5.72 Å². The number of hydrogen-bond donors (Lipinski definition) is 0. The summed E-state index contributed by atoms with van der Waals surface area (Å²) in [4.78, 5) is 42.9. The van der Waals surface area contributed by atoms with E-state index in [4.69, 9.17) is 18.9 Å². The summed E-state index contributed by atoms with van der Waals surface area (Å²) in [7, 11) is 0. The maximum atomic E-state index is 13.8. The van der Waals surface area contributed by atoms with Crippen LogP contribution in [0.2, 0.25) is 0 Å². The second-order valence-electron chi connectivity index (χ2n) is 9.51. The number of carbonyl (C=O) groups is 1. The molecule has 3 atom stereocenters. The maximum absolute atomic E-state index is 13.8. The van der Waals surface area contributed by atoms with E-state index in [1.807, 2.05) is 25.1 Å². The number of benzene rings is 2. The molecule has 2 bridgehead atoms. The molecule has 0 saturated carbocycles. The van der Waals surface area contributed by atoms with Crippen molar-refractivity contribution in [2.24, 2.45) is 10.9 Å². The average molecular weight is 546 g/mol. The lowest BCUT2D eigenvalue weighted by molar-refractivity contribution is -0.384. The van der Waals surface area contributed by atoms with Gasteiger partial charge < -0.3 is 13.9 Å². The van der Waals surface area contributed by atoms with Crippen molar-refractivity contribution in [1.82, 2.24) is 4.57 Å². The van der Waals surface area contributed by atoms with Gasteiger partial charge in [0, 0.05) is 29.3 Å². The van der Waals surface area contributed by atoms with Gasteiger partial charge in [-0.25, -0.2) is 4.99 Å². The third-order valence-corrected chi connectivity index (χ3v) is 8.00. The number of ether oxygens (including phenoxy) is 2. The summed E-state index contributed by atoms with van der Waals surface area (Å²) in [6.07, 6.45) is 1.61. The van der Waals surface area contributed by atoms with E-state index in [-0.39, 0.29) is 17.9 Å². The molecule has 10 nitrogen and oxygen atoms in total. The van der Waals surface area contributed by atoms with Crippen molar-refractivity contribution < 1.29 is 23.6 Å². The van der Waals surface area contributed by atoms with E-state index in [1.165, 1.54) is 28.0 Å². The molecule has 4 heterocycles. The molecule has 3 unspecified atom stereocenters. The summed E-state index contributed by atoms with van der Waals surface area (Å²) >= 11 is 1.18. The van der Waals surface area contributed by atoms with Gasteiger partial charge in [-0.15, -0.1) is 0 Å². The molecular formula is C28H23N3O7S. The van der Waals surface area contributed by atoms with Crippen LogP contribution in [0.3, 0.4) is 0 Å². The highest BCUT2D eigenvalue weighted by Gasteiger charge is 2.55. The Hall–Kier alpha value is -4.51. The Labute approximate surface area is 225 Å². The number of esters is 1. The zero-order chi connectivity index (χ0) is 27.5. The third-order valence-electron chi connectivity index (χ3n) is 7.02. The second kappa shape index (κ2) is 9.05. The summed E-state index contributed by atoms with van der Waals surface area (Å²) in [6.45, 7) is 5.49. The summed E-state index contributed by atoms with van der Waals surface area (Å²) in [6, 6.07) is 14.6. The normalized spacial score (nSPS) is 21.4. The molecule has 0 saturated heterocycles. The maximum Gasteiger partial charge on any atom is 0.317 e. The van der Waals surface area contributed by atoms with Crippen LogP contribution in [0.5, 0.6) is 5.75 Å². The van der Waals surface area contributed by atoms with Gasteiger partial charge in [0.25, 0.3) is 11.2 Å². The Morgan fingerprint density at radius 2 is 2.05 bits per heavy atom. The number of thiazole rings is 1. The third kappa shape index (κ3) is 3.97. The van der Waals surface area contributed by atoms with Gasteiger partial charge in [-0.2, -0.15) is 0 Å². The molecule has 0 radical (unpaired) electrons. The number of nitro benzene ring substituents is 1. The standard InChI is InChI=1S/C28H23N3O7S/c1-4-36-26(33)23-24-18-7-5-6-8-21(18)38-28(23,3)29-27-30(24)25(32)22(39-27)14-17-11-12-20(37-17)19-13-16(31(34)35)10-9-15(19)2/h5-14,23-24H,4H2,1-3H3. The summed E-state index contributed by atoms with van der Waals surface area (Å²) in [5.74, 6) is 0.0702. The fourth-order valence-electron chi connectivity index (χ4n) is 5.23. The van der Waals surface area contributed by atoms with Gasteiger partial charge >= 0.3 is 5.97 Å². The van der Waals surface area contributed by atoms with E-state index in [1.54, 1.807) is 44.2 Å². The molecule has 2 aliphatic rings. The Morgan fingerprint density at radius 1 is 1.26 bits per heavy atom. The van der Waals surface area contributed by atoms with Gasteiger partial charge in [0.1, 0.15) is 23.2 Å². The minimum absolute atomic E-state index is 0.0402. The predicted molar refractivity (Wildman–Crippen MR) is 142 cm³/mol. The Morgan fingerprint density at radius 3 is 2.82 bits per heavy atom. The molecular weight excluding hydrogens is 522 g/mol. The van der Waals surface area contributed by atoms with E-state index in [2.05, 4.69) is 0 Å². The van der Waals surface area contributed by atoms with Crippen LogP contribution in [0, 0.1) is 23.0 Å². The van der Waals surface area contributed by atoms with Gasteiger partial charge in [-0.1, -0.05) is 35.6 Å². The summed E-state index contributed by atoms with van der Waals surface area (Å²) < 4.78 is 19.5. The fraction of sp³-hybridized carbons (Fsp3) is 0.250. The van der Waals surface area contributed by atoms with Crippen LogP contribution in [0.1, 0.15) is 36.8 Å². The highest BCUT2D eigenvalue weighted by atomic mass is 32.1. The summed E-state index contributed by atoms with van der Waals surface area (Å²) in [5.41, 5.74) is 0.502. The lowest BCUT2D eigenvalue weighted by Crippen LogP contribution is -2.58. The number of nitro groups is 1. The number of para-hydroxylation sites is 1. The minimum atomic E-state index is -1.25. The number of nitrogens with zero attached hydrogens (tertiary/aromatic N) is 3. The molecule has 4 aromatic rings. The molecule has 0 N–H and O–H groups in total. The molecule has 2 aromatic carbocycles. The van der Waals surface area contributed by atoms with E-state index >= 15 is 0 Å². The van der Waals surface area contributed by atoms with Crippen molar-refractivity contribution in [2.75, 3.05) is 6.61 Å². The Bertz CT molecular complexity index is 1840. The number of furan rings is 1. The van der Waals surface area contributed by atoms with E-state index < -0.39 is 28.6 Å². The topological polar surface area (TPSA) is 126 Å². The van der Waals surface area contributed by atoms with Crippen LogP contribution in [0.15, 0.2) is 68.8 Å². The average Bonchev–Trinajstić information content (AvgIpc) is 3.47. The first-order chi connectivity index (χ1) is 18.7. The predicted octanol–water partition coefficient (Wildman–Crippen LogP) is 3.73. The highest BCUT2D eigenvalue weighted by Crippen LogP contribution is 2.47. The van der Waals surface area contributed by atoms with Crippen LogP contribution >= 0.6 is 11.3 Å². The molecule has 0 amide bonds. The molecule has 0 aliphatic carbocycles. The number of rotatable bonds is 5. The van der Waals surface area contributed by atoms with Crippen molar-refractivity contribution in [3.8, 4) is 17.1 Å². The largest absolute Gasteiger partial charge is 0.466 e. The molecule has 6 rings (SSSR count). The fourth-order valence-corrected chi connectivity index (χ4v) is 6.31. The molecule has 39 heavy (non-hydrogen) atoms. The van der Waals surface area contributed by atoms with E-state index in [9.17, 15) is 19.7 Å². The SMILES string of the molecule is CCOC(=O)C1C2c3ccccc3OC1(C)N=c1sc(=Cc3ccc(-c4cc([N+](=O)[O-])ccc4C)o3)c(=O)n12. The van der Waals surface area contributed by atoms with Crippen LogP contribution in [0.25, 0.3) is 17.4 Å². The molecule has 2 aromatic heterocycles. The van der Waals surface area contributed by atoms with E-state index in [0.717, 1.165) is 5.56 Å². The van der Waals surface area contributed by atoms with Crippen molar-refractivity contribution in [3.63, 3.8) is 0 Å². The quantitative estimate of drug-likeness (QED) is 0.213. The van der Waals surface area contributed by atoms with Crippen molar-refractivity contribution in [3.05, 3.63) is 101 Å². The number of aromatic nitrogens is 1. The number of aryl methyl sites for hydroxylation is 1. The Balaban J connectivity index is 1.48. The number of non-ortho nitro benzene ring substituents is 1. The van der Waals surface area contributed by atoms with Crippen molar-refractivity contribution >= 4 is 29.1 Å². The van der Waals surface area contributed by atoms with Crippen LogP contribution in [-0.2, 0) is 9.53 Å². The lowest BCUT2D eigenvalue weighted by atomic mass is 9.81. The van der Waals surface area contributed by atoms with Gasteiger partial charge in [0.05, 0.1) is 22.1 Å². The zero-order valence-electron chi connectivity index (χ0n) is 21.2. The summed E-state index contributed by atoms with van der Waals surface area (Å²) in [5, 5.41) is 11.2. The molecule has 198 valence electrons. The zero-order valence-corrected chi connectivity index (χ0v) is 22.1. The molecule has 0 spiro atoms. The molecule has 2 aliphatic heterocycles. The number of fused-ring (bicyclic) bond motifs is 6. The van der Waals surface area contributed by atoms with Gasteiger partial charge in [-0.05, 0) is 44.5 Å². The number of hydrogen-bond acceptors (Lipinski definition) is 9. The Kier molecular flexibility index (Phi) is 5.76. The second-order valence-corrected chi connectivity index (χ2v) is 10.5. The van der Waals surface area contributed by atoms with E-state index in [0.29, 0.717) is 37.7 Å². The lowest BCUT2D eigenvalue weighted by Gasteiger charge is -2.44. The van der Waals surface area contributed by atoms with Crippen LogP contribution in [-0.4, -0.2) is 27.8 Å². The van der Waals surface area contributed by atoms with Crippen LogP contribution in [0.4, 0.5) is 5.69 Å². The van der Waals surface area contributed by atoms with Crippen LogP contribution < -0.4 is 19.6 Å². The number of carbonyl (C=O) groups excluding carboxylic acids is 1. The highest BCUT2D eigenvalue weighted by molar-refractivity contribution is 7.07. The minimum Gasteiger partial charge on any atom is -0.466 e. The van der Waals surface area contributed by atoms with Crippen molar-refractivity contribution in [1.29, 1.82) is 0 Å². The molecule has 11 heteroatoms.